The van der Waals surface area contributed by atoms with E-state index < -0.39 is 0 Å². The summed E-state index contributed by atoms with van der Waals surface area (Å²) in [6.45, 7) is 3.12. The molecule has 0 atom stereocenters. The number of carbonyl (C=O) groups is 1. The van der Waals surface area contributed by atoms with E-state index in [2.05, 4.69) is 15.6 Å². The predicted molar refractivity (Wildman–Crippen MR) is 83.7 cm³/mol. The largest absolute Gasteiger partial charge is 0.487 e. The summed E-state index contributed by atoms with van der Waals surface area (Å²) >= 11 is 0. The molecule has 1 aromatic heterocycles. The topological polar surface area (TPSA) is 63.2 Å². The van der Waals surface area contributed by atoms with Gasteiger partial charge in [-0.15, -0.1) is 0 Å². The molecule has 2 heterocycles. The molecule has 1 amide bonds. The van der Waals surface area contributed by atoms with Crippen molar-refractivity contribution in [1.82, 2.24) is 15.6 Å². The smallest absolute Gasteiger partial charge is 0.251 e. The minimum absolute atomic E-state index is 0.0387. The van der Waals surface area contributed by atoms with E-state index in [1.807, 2.05) is 30.3 Å². The molecule has 1 aliphatic heterocycles. The highest BCUT2D eigenvalue weighted by molar-refractivity contribution is 5.94. The number of hydrogen-bond donors (Lipinski definition) is 2. The van der Waals surface area contributed by atoms with Crippen LogP contribution in [0.1, 0.15) is 16.1 Å². The first-order chi connectivity index (χ1) is 10.8. The lowest BCUT2D eigenvalue weighted by atomic mass is 10.0. The minimum Gasteiger partial charge on any atom is -0.487 e. The van der Waals surface area contributed by atoms with Crippen LogP contribution in [0.3, 0.4) is 0 Å². The second kappa shape index (κ2) is 7.04. The lowest BCUT2D eigenvalue weighted by Gasteiger charge is -2.27. The molecule has 1 aromatic carbocycles. The van der Waals surface area contributed by atoms with E-state index in [0.717, 1.165) is 31.1 Å². The molecule has 0 radical (unpaired) electrons. The van der Waals surface area contributed by atoms with Crippen LogP contribution in [0.4, 0.5) is 0 Å². The SMILES string of the molecule is O=C(NCC1CNC1)c1ccc(OCc2ccccn2)cc1. The van der Waals surface area contributed by atoms with Gasteiger partial charge in [0.1, 0.15) is 12.4 Å². The summed E-state index contributed by atoms with van der Waals surface area (Å²) < 4.78 is 5.65. The summed E-state index contributed by atoms with van der Waals surface area (Å²) in [5.41, 5.74) is 1.52. The maximum atomic E-state index is 12.0. The van der Waals surface area contributed by atoms with Gasteiger partial charge < -0.3 is 15.4 Å². The van der Waals surface area contributed by atoms with Crippen LogP contribution in [-0.2, 0) is 6.61 Å². The van der Waals surface area contributed by atoms with Crippen LogP contribution in [0.5, 0.6) is 5.75 Å². The van der Waals surface area contributed by atoms with E-state index >= 15 is 0 Å². The quantitative estimate of drug-likeness (QED) is 0.850. The summed E-state index contributed by atoms with van der Waals surface area (Å²) in [6.07, 6.45) is 1.74. The molecule has 2 N–H and O–H groups in total. The summed E-state index contributed by atoms with van der Waals surface area (Å²) in [7, 11) is 0. The molecular formula is C17H19N3O2. The van der Waals surface area contributed by atoms with Crippen LogP contribution in [0.15, 0.2) is 48.7 Å². The molecule has 1 fully saturated rings. The second-order valence-corrected chi connectivity index (χ2v) is 5.37. The number of nitrogens with zero attached hydrogens (tertiary/aromatic N) is 1. The molecule has 5 nitrogen and oxygen atoms in total. The fraction of sp³-hybridized carbons (Fsp3) is 0.294. The third kappa shape index (κ3) is 3.83. The highest BCUT2D eigenvalue weighted by Crippen LogP contribution is 2.14. The number of aromatic nitrogens is 1. The summed E-state index contributed by atoms with van der Waals surface area (Å²) in [4.78, 5) is 16.2. The number of hydrogen-bond acceptors (Lipinski definition) is 4. The Labute approximate surface area is 129 Å². The molecule has 2 aromatic rings. The van der Waals surface area contributed by atoms with Gasteiger partial charge in [-0.2, -0.15) is 0 Å². The van der Waals surface area contributed by atoms with Gasteiger partial charge in [0.25, 0.3) is 5.91 Å². The van der Waals surface area contributed by atoms with Crippen LogP contribution in [-0.4, -0.2) is 30.5 Å². The lowest BCUT2D eigenvalue weighted by Crippen LogP contribution is -2.48. The Bertz CT molecular complexity index is 610. The predicted octanol–water partition coefficient (Wildman–Crippen LogP) is 1.61. The third-order valence-corrected chi connectivity index (χ3v) is 3.65. The Hall–Kier alpha value is -2.40. The van der Waals surface area contributed by atoms with E-state index in [1.165, 1.54) is 0 Å². The van der Waals surface area contributed by atoms with E-state index in [9.17, 15) is 4.79 Å². The van der Waals surface area contributed by atoms with E-state index in [4.69, 9.17) is 4.74 Å². The number of ether oxygens (including phenoxy) is 1. The van der Waals surface area contributed by atoms with Crippen molar-refractivity contribution in [1.29, 1.82) is 0 Å². The average Bonchev–Trinajstić information content (AvgIpc) is 2.53. The first-order valence-corrected chi connectivity index (χ1v) is 7.43. The minimum atomic E-state index is -0.0387. The molecule has 3 rings (SSSR count). The number of rotatable bonds is 6. The lowest BCUT2D eigenvalue weighted by molar-refractivity contribution is 0.0942. The van der Waals surface area contributed by atoms with Gasteiger partial charge in [0.15, 0.2) is 0 Å². The molecule has 0 saturated carbocycles. The van der Waals surface area contributed by atoms with Crippen molar-refractivity contribution in [2.24, 2.45) is 5.92 Å². The maximum absolute atomic E-state index is 12.0. The molecule has 0 spiro atoms. The van der Waals surface area contributed by atoms with Crippen molar-refractivity contribution in [2.75, 3.05) is 19.6 Å². The first-order valence-electron chi connectivity index (χ1n) is 7.43. The average molecular weight is 297 g/mol. The van der Waals surface area contributed by atoms with Gasteiger partial charge in [0.2, 0.25) is 0 Å². The Kier molecular flexibility index (Phi) is 4.65. The number of amides is 1. The Morgan fingerprint density at radius 1 is 1.23 bits per heavy atom. The van der Waals surface area contributed by atoms with Crippen LogP contribution < -0.4 is 15.4 Å². The zero-order chi connectivity index (χ0) is 15.2. The number of nitrogens with one attached hydrogen (secondary N) is 2. The van der Waals surface area contributed by atoms with Gasteiger partial charge in [-0.25, -0.2) is 0 Å². The van der Waals surface area contributed by atoms with E-state index in [-0.39, 0.29) is 5.91 Å². The Morgan fingerprint density at radius 2 is 2.05 bits per heavy atom. The second-order valence-electron chi connectivity index (χ2n) is 5.37. The monoisotopic (exact) mass is 297 g/mol. The van der Waals surface area contributed by atoms with Gasteiger partial charge in [0, 0.05) is 37.3 Å². The highest BCUT2D eigenvalue weighted by Gasteiger charge is 2.17. The molecule has 1 saturated heterocycles. The van der Waals surface area contributed by atoms with Crippen molar-refractivity contribution in [3.63, 3.8) is 0 Å². The molecule has 5 heteroatoms. The summed E-state index contributed by atoms with van der Waals surface area (Å²) in [6, 6.07) is 12.9. The Morgan fingerprint density at radius 3 is 2.68 bits per heavy atom. The fourth-order valence-corrected chi connectivity index (χ4v) is 2.18. The van der Waals surface area contributed by atoms with E-state index in [0.29, 0.717) is 18.1 Å². The van der Waals surface area contributed by atoms with Gasteiger partial charge in [-0.05, 0) is 36.4 Å². The standard InChI is InChI=1S/C17H19N3O2/c21-17(20-11-13-9-18-10-13)14-4-6-16(7-5-14)22-12-15-3-1-2-8-19-15/h1-8,13,18H,9-12H2,(H,20,21). The first kappa shape index (κ1) is 14.5. The molecular weight excluding hydrogens is 278 g/mol. The number of carbonyl (C=O) groups excluding carboxylic acids is 1. The van der Waals surface area contributed by atoms with Gasteiger partial charge >= 0.3 is 0 Å². The molecule has 0 unspecified atom stereocenters. The molecule has 0 bridgehead atoms. The molecule has 0 aliphatic carbocycles. The van der Waals surface area contributed by atoms with Crippen LogP contribution in [0, 0.1) is 5.92 Å². The highest BCUT2D eigenvalue weighted by atomic mass is 16.5. The number of pyridine rings is 1. The fourth-order valence-electron chi connectivity index (χ4n) is 2.18. The van der Waals surface area contributed by atoms with Crippen LogP contribution in [0.25, 0.3) is 0 Å². The van der Waals surface area contributed by atoms with Gasteiger partial charge in [0.05, 0.1) is 5.69 Å². The normalized spacial score (nSPS) is 14.2. The van der Waals surface area contributed by atoms with Gasteiger partial charge in [-0.3, -0.25) is 9.78 Å². The van der Waals surface area contributed by atoms with Crippen LogP contribution >= 0.6 is 0 Å². The zero-order valence-electron chi connectivity index (χ0n) is 12.3. The Balaban J connectivity index is 1.49. The summed E-state index contributed by atoms with van der Waals surface area (Å²) in [5.74, 6) is 1.25. The van der Waals surface area contributed by atoms with Crippen molar-refractivity contribution >= 4 is 5.91 Å². The maximum Gasteiger partial charge on any atom is 0.251 e. The zero-order valence-corrected chi connectivity index (χ0v) is 12.3. The van der Waals surface area contributed by atoms with Gasteiger partial charge in [-0.1, -0.05) is 6.07 Å². The van der Waals surface area contributed by atoms with E-state index in [1.54, 1.807) is 18.3 Å². The van der Waals surface area contributed by atoms with Crippen molar-refractivity contribution in [2.45, 2.75) is 6.61 Å². The van der Waals surface area contributed by atoms with Crippen molar-refractivity contribution < 1.29 is 9.53 Å². The molecule has 114 valence electrons. The van der Waals surface area contributed by atoms with Crippen molar-refractivity contribution in [3.8, 4) is 5.75 Å². The van der Waals surface area contributed by atoms with Crippen molar-refractivity contribution in [3.05, 3.63) is 59.9 Å². The summed E-state index contributed by atoms with van der Waals surface area (Å²) in [5, 5.41) is 6.14. The molecule has 1 aliphatic rings. The molecule has 22 heavy (non-hydrogen) atoms. The number of benzene rings is 1. The van der Waals surface area contributed by atoms with Crippen LogP contribution in [0.2, 0.25) is 0 Å². The third-order valence-electron chi connectivity index (χ3n) is 3.65.